The highest BCUT2D eigenvalue weighted by Gasteiger charge is 2.52. The number of hydrogen-bond acceptors (Lipinski definition) is 4. The molecule has 1 aromatic rings. The van der Waals surface area contributed by atoms with E-state index in [1.807, 2.05) is 32.9 Å². The van der Waals surface area contributed by atoms with Gasteiger partial charge in [-0.3, -0.25) is 0 Å². The summed E-state index contributed by atoms with van der Waals surface area (Å²) in [5.41, 5.74) is 1.66. The Bertz CT molecular complexity index is 582. The third kappa shape index (κ3) is 2.43. The lowest BCUT2D eigenvalue weighted by atomic mass is 9.80. The zero-order valence-corrected chi connectivity index (χ0v) is 13.7. The van der Waals surface area contributed by atoms with E-state index >= 15 is 0 Å². The van der Waals surface area contributed by atoms with Crippen molar-refractivity contribution >= 4 is 11.8 Å². The van der Waals surface area contributed by atoms with Gasteiger partial charge in [0.1, 0.15) is 11.8 Å². The minimum atomic E-state index is -0.473. The molecule has 5 nitrogen and oxygen atoms in total. The van der Waals surface area contributed by atoms with Gasteiger partial charge in [0, 0.05) is 25.9 Å². The zero-order valence-electron chi connectivity index (χ0n) is 13.7. The highest BCUT2D eigenvalue weighted by molar-refractivity contribution is 5.70. The number of hydrogen-bond donors (Lipinski definition) is 1. The van der Waals surface area contributed by atoms with Crippen LogP contribution < -0.4 is 5.32 Å². The Morgan fingerprint density at radius 2 is 2.09 bits per heavy atom. The number of benzene rings is 1. The van der Waals surface area contributed by atoms with E-state index in [-0.39, 0.29) is 17.7 Å². The second-order valence-electron chi connectivity index (χ2n) is 7.11. The molecule has 1 spiro atoms. The van der Waals surface area contributed by atoms with Crippen molar-refractivity contribution in [2.24, 2.45) is 0 Å². The molecular formula is C17H24N2O3. The Hall–Kier alpha value is -1.75. The quantitative estimate of drug-likeness (QED) is 0.866. The molecule has 2 aliphatic heterocycles. The third-order valence-corrected chi connectivity index (χ3v) is 4.44. The topological polar surface area (TPSA) is 50.8 Å². The molecule has 0 saturated carbocycles. The van der Waals surface area contributed by atoms with E-state index in [9.17, 15) is 4.79 Å². The van der Waals surface area contributed by atoms with E-state index in [2.05, 4.69) is 17.4 Å². The van der Waals surface area contributed by atoms with Crippen molar-refractivity contribution in [3.8, 4) is 0 Å². The fourth-order valence-corrected chi connectivity index (χ4v) is 3.50. The van der Waals surface area contributed by atoms with Crippen LogP contribution in [-0.4, -0.2) is 43.0 Å². The number of ether oxygens (including phenoxy) is 2. The summed E-state index contributed by atoms with van der Waals surface area (Å²) in [6, 6.07) is 8.24. The van der Waals surface area contributed by atoms with Crippen molar-refractivity contribution in [2.75, 3.05) is 25.5 Å². The van der Waals surface area contributed by atoms with Gasteiger partial charge in [0.15, 0.2) is 0 Å². The monoisotopic (exact) mass is 304 g/mol. The minimum Gasteiger partial charge on any atom is -0.444 e. The van der Waals surface area contributed by atoms with Crippen LogP contribution in [0.3, 0.4) is 0 Å². The summed E-state index contributed by atoms with van der Waals surface area (Å²) in [6.45, 7) is 6.97. The zero-order chi connectivity index (χ0) is 16.0. The highest BCUT2D eigenvalue weighted by atomic mass is 16.6. The molecule has 0 bridgehead atoms. The summed E-state index contributed by atoms with van der Waals surface area (Å²) >= 11 is 0. The predicted octanol–water partition coefficient (Wildman–Crippen LogP) is 2.96. The van der Waals surface area contributed by atoms with E-state index in [4.69, 9.17) is 9.47 Å². The van der Waals surface area contributed by atoms with Crippen LogP contribution in [0.2, 0.25) is 0 Å². The van der Waals surface area contributed by atoms with Crippen molar-refractivity contribution in [1.82, 2.24) is 4.90 Å². The Kier molecular flexibility index (Phi) is 3.56. The molecule has 1 saturated heterocycles. The number of methoxy groups -OCH3 is 1. The lowest BCUT2D eigenvalue weighted by Crippen LogP contribution is -2.44. The molecule has 1 fully saturated rings. The first-order valence-corrected chi connectivity index (χ1v) is 7.72. The van der Waals surface area contributed by atoms with Gasteiger partial charge in [-0.15, -0.1) is 0 Å². The number of para-hydroxylation sites is 1. The Balaban J connectivity index is 1.84. The van der Waals surface area contributed by atoms with Gasteiger partial charge in [-0.2, -0.15) is 0 Å². The van der Waals surface area contributed by atoms with Crippen LogP contribution in [0.25, 0.3) is 0 Å². The second-order valence-corrected chi connectivity index (χ2v) is 7.11. The van der Waals surface area contributed by atoms with Crippen LogP contribution in [0, 0.1) is 0 Å². The van der Waals surface area contributed by atoms with Gasteiger partial charge in [-0.1, -0.05) is 18.2 Å². The molecule has 2 unspecified atom stereocenters. The van der Waals surface area contributed by atoms with Gasteiger partial charge in [0.05, 0.1) is 5.41 Å². The van der Waals surface area contributed by atoms with Crippen LogP contribution in [0.1, 0.15) is 32.8 Å². The first-order chi connectivity index (χ1) is 10.4. The summed E-state index contributed by atoms with van der Waals surface area (Å²) < 4.78 is 11.2. The number of amides is 1. The van der Waals surface area contributed by atoms with Gasteiger partial charge in [-0.25, -0.2) is 4.79 Å². The van der Waals surface area contributed by atoms with Gasteiger partial charge in [0.25, 0.3) is 0 Å². The number of anilines is 1. The number of rotatable bonds is 1. The standard InChI is InChI=1S/C17H24N2O3/c1-16(2,3)22-15(20)19-10-9-17(11-19)12-7-5-6-8-13(12)18-14(17)21-4/h5-8,14,18H,9-11H2,1-4H3. The SMILES string of the molecule is COC1Nc2ccccc2C12CCN(C(=O)OC(C)(C)C)C2. The van der Waals surface area contributed by atoms with Crippen LogP contribution in [0.4, 0.5) is 10.5 Å². The molecule has 1 amide bonds. The lowest BCUT2D eigenvalue weighted by molar-refractivity contribution is 0.0239. The summed E-state index contributed by atoms with van der Waals surface area (Å²) in [5, 5.41) is 3.42. The van der Waals surface area contributed by atoms with Crippen molar-refractivity contribution in [2.45, 2.75) is 44.4 Å². The van der Waals surface area contributed by atoms with Gasteiger partial charge >= 0.3 is 6.09 Å². The van der Waals surface area contributed by atoms with E-state index in [0.717, 1.165) is 12.1 Å². The molecule has 1 N–H and O–H groups in total. The summed E-state index contributed by atoms with van der Waals surface area (Å²) in [4.78, 5) is 14.1. The smallest absolute Gasteiger partial charge is 0.410 e. The molecule has 22 heavy (non-hydrogen) atoms. The summed E-state index contributed by atoms with van der Waals surface area (Å²) in [6.07, 6.45) is 0.510. The van der Waals surface area contributed by atoms with Crippen molar-refractivity contribution in [3.63, 3.8) is 0 Å². The number of nitrogens with zero attached hydrogens (tertiary/aromatic N) is 1. The first-order valence-electron chi connectivity index (χ1n) is 7.72. The van der Waals surface area contributed by atoms with Crippen LogP contribution >= 0.6 is 0 Å². The number of carbonyl (C=O) groups is 1. The molecule has 0 radical (unpaired) electrons. The third-order valence-electron chi connectivity index (χ3n) is 4.44. The van der Waals surface area contributed by atoms with E-state index in [0.29, 0.717) is 13.1 Å². The van der Waals surface area contributed by atoms with Crippen LogP contribution in [-0.2, 0) is 14.9 Å². The van der Waals surface area contributed by atoms with Crippen LogP contribution in [0.15, 0.2) is 24.3 Å². The molecule has 2 heterocycles. The molecule has 5 heteroatoms. The second kappa shape index (κ2) is 5.16. The number of carbonyl (C=O) groups excluding carboxylic acids is 1. The van der Waals surface area contributed by atoms with Gasteiger partial charge < -0.3 is 19.7 Å². The Morgan fingerprint density at radius 1 is 1.36 bits per heavy atom. The predicted molar refractivity (Wildman–Crippen MR) is 85.0 cm³/mol. The van der Waals surface area contributed by atoms with Crippen molar-refractivity contribution in [3.05, 3.63) is 29.8 Å². The van der Waals surface area contributed by atoms with Gasteiger partial charge in [0.2, 0.25) is 0 Å². The van der Waals surface area contributed by atoms with E-state index < -0.39 is 5.60 Å². The molecule has 0 aliphatic carbocycles. The number of fused-ring (bicyclic) bond motifs is 2. The molecule has 2 atom stereocenters. The molecule has 3 rings (SSSR count). The molecule has 1 aromatic carbocycles. The maximum Gasteiger partial charge on any atom is 0.410 e. The maximum absolute atomic E-state index is 12.4. The van der Waals surface area contributed by atoms with Crippen molar-refractivity contribution in [1.29, 1.82) is 0 Å². The van der Waals surface area contributed by atoms with E-state index in [1.54, 1.807) is 12.0 Å². The summed E-state index contributed by atoms with van der Waals surface area (Å²) in [7, 11) is 1.71. The fourth-order valence-electron chi connectivity index (χ4n) is 3.50. The fraction of sp³-hybridized carbons (Fsp3) is 0.588. The lowest BCUT2D eigenvalue weighted by Gasteiger charge is -2.31. The minimum absolute atomic E-state index is 0.114. The van der Waals surface area contributed by atoms with Crippen LogP contribution in [0.5, 0.6) is 0 Å². The van der Waals surface area contributed by atoms with Crippen molar-refractivity contribution < 1.29 is 14.3 Å². The van der Waals surface area contributed by atoms with E-state index in [1.165, 1.54) is 5.56 Å². The first kappa shape index (κ1) is 15.2. The Labute approximate surface area is 131 Å². The number of nitrogens with one attached hydrogen (secondary N) is 1. The number of likely N-dealkylation sites (tertiary alicyclic amines) is 1. The average Bonchev–Trinajstić information content (AvgIpc) is 3.01. The molecular weight excluding hydrogens is 280 g/mol. The van der Waals surface area contributed by atoms with Gasteiger partial charge in [-0.05, 0) is 38.8 Å². The molecule has 2 aliphatic rings. The maximum atomic E-state index is 12.4. The molecule has 120 valence electrons. The normalized spacial score (nSPS) is 26.9. The molecule has 0 aromatic heterocycles. The Morgan fingerprint density at radius 3 is 2.77 bits per heavy atom. The highest BCUT2D eigenvalue weighted by Crippen LogP contribution is 2.47. The summed E-state index contributed by atoms with van der Waals surface area (Å²) in [5.74, 6) is 0. The average molecular weight is 304 g/mol. The largest absolute Gasteiger partial charge is 0.444 e.